The van der Waals surface area contributed by atoms with E-state index in [-0.39, 0.29) is 31.1 Å². The lowest BCUT2D eigenvalue weighted by atomic mass is 10.0. The average Bonchev–Trinajstić information content (AvgIpc) is 3.34. The lowest BCUT2D eigenvalue weighted by molar-refractivity contribution is -0.167. The fourth-order valence-electron chi connectivity index (χ4n) is 9.08. The van der Waals surface area contributed by atoms with E-state index in [0.29, 0.717) is 19.3 Å². The molecule has 0 fully saturated rings. The van der Waals surface area contributed by atoms with Crippen molar-refractivity contribution in [2.24, 2.45) is 0 Å². The maximum atomic E-state index is 12.9. The minimum atomic E-state index is -0.773. The largest absolute Gasteiger partial charge is 0.462 e. The number of allylic oxidation sites excluding steroid dienone is 4. The second-order valence-electron chi connectivity index (χ2n) is 20.6. The summed E-state index contributed by atoms with van der Waals surface area (Å²) in [5, 5.41) is 0. The summed E-state index contributed by atoms with van der Waals surface area (Å²) in [6.45, 7) is 6.68. The van der Waals surface area contributed by atoms with Gasteiger partial charge >= 0.3 is 17.9 Å². The summed E-state index contributed by atoms with van der Waals surface area (Å²) >= 11 is 0. The molecule has 0 amide bonds. The summed E-state index contributed by atoms with van der Waals surface area (Å²) in [7, 11) is 0. The molecule has 6 heteroatoms. The highest BCUT2D eigenvalue weighted by molar-refractivity contribution is 5.71. The Labute approximate surface area is 423 Å². The van der Waals surface area contributed by atoms with Crippen molar-refractivity contribution in [1.82, 2.24) is 0 Å². The van der Waals surface area contributed by atoms with E-state index in [4.69, 9.17) is 14.2 Å². The Kier molecular flexibility index (Phi) is 55.7. The quantitative estimate of drug-likeness (QED) is 0.0262. The molecule has 0 radical (unpaired) electrons. The van der Waals surface area contributed by atoms with Crippen molar-refractivity contribution in [3.63, 3.8) is 0 Å². The van der Waals surface area contributed by atoms with Gasteiger partial charge in [0.2, 0.25) is 0 Å². The summed E-state index contributed by atoms with van der Waals surface area (Å²) in [5.74, 6) is -0.859. The fourth-order valence-corrected chi connectivity index (χ4v) is 9.08. The first-order valence-corrected chi connectivity index (χ1v) is 30.3. The van der Waals surface area contributed by atoms with Gasteiger partial charge in [0.15, 0.2) is 6.10 Å². The van der Waals surface area contributed by atoms with Gasteiger partial charge in [0.1, 0.15) is 13.2 Å². The Morgan fingerprint density at radius 3 is 0.735 bits per heavy atom. The zero-order chi connectivity index (χ0) is 49.3. The highest BCUT2D eigenvalue weighted by atomic mass is 16.6. The smallest absolute Gasteiger partial charge is 0.306 e. The number of hydrogen-bond donors (Lipinski definition) is 0. The van der Waals surface area contributed by atoms with Crippen LogP contribution in [0.4, 0.5) is 0 Å². The van der Waals surface area contributed by atoms with Crippen LogP contribution in [0.1, 0.15) is 335 Å². The van der Waals surface area contributed by atoms with E-state index in [2.05, 4.69) is 45.1 Å². The first kappa shape index (κ1) is 65.9. The molecule has 0 bridgehead atoms. The van der Waals surface area contributed by atoms with Gasteiger partial charge in [0.25, 0.3) is 0 Å². The van der Waals surface area contributed by atoms with E-state index in [1.807, 2.05) is 0 Å². The zero-order valence-electron chi connectivity index (χ0n) is 45.9. The summed E-state index contributed by atoms with van der Waals surface area (Å²) < 4.78 is 16.9. The van der Waals surface area contributed by atoms with Gasteiger partial charge in [-0.15, -0.1) is 0 Å². The van der Waals surface area contributed by atoms with Crippen molar-refractivity contribution in [2.75, 3.05) is 13.2 Å². The number of hydrogen-bond acceptors (Lipinski definition) is 6. The standard InChI is InChI=1S/C62H116O6/c1-4-7-10-13-16-19-22-25-28-29-30-31-32-33-35-37-40-43-46-49-52-55-61(64)67-58-59(57-66-60(63)54-51-48-45-42-39-36-27-24-21-18-15-12-9-6-3)68-62(65)56-53-50-47-44-41-38-34-26-23-20-17-14-11-8-5-2/h26,29-30,34,59H,4-25,27-28,31-33,35-58H2,1-3H3/b30-29-,34-26-. The Hall–Kier alpha value is -2.11. The van der Waals surface area contributed by atoms with Gasteiger partial charge in [-0.2, -0.15) is 0 Å². The van der Waals surface area contributed by atoms with E-state index in [0.717, 1.165) is 64.2 Å². The second-order valence-corrected chi connectivity index (χ2v) is 20.6. The molecular weight excluding hydrogens is 841 g/mol. The van der Waals surface area contributed by atoms with Crippen LogP contribution in [0.2, 0.25) is 0 Å². The molecule has 0 aliphatic heterocycles. The summed E-state index contributed by atoms with van der Waals surface area (Å²) in [5.41, 5.74) is 0. The van der Waals surface area contributed by atoms with Crippen molar-refractivity contribution in [1.29, 1.82) is 0 Å². The molecule has 0 N–H and O–H groups in total. The van der Waals surface area contributed by atoms with Gasteiger partial charge in [0, 0.05) is 19.3 Å². The first-order valence-electron chi connectivity index (χ1n) is 30.3. The molecule has 6 nitrogen and oxygen atoms in total. The van der Waals surface area contributed by atoms with E-state index in [1.165, 1.54) is 231 Å². The van der Waals surface area contributed by atoms with E-state index >= 15 is 0 Å². The number of esters is 3. The molecule has 0 aliphatic rings. The van der Waals surface area contributed by atoms with Crippen LogP contribution < -0.4 is 0 Å². The molecule has 0 heterocycles. The van der Waals surface area contributed by atoms with Crippen LogP contribution in [0.5, 0.6) is 0 Å². The summed E-state index contributed by atoms with van der Waals surface area (Å²) in [6.07, 6.45) is 67.4. The summed E-state index contributed by atoms with van der Waals surface area (Å²) in [6, 6.07) is 0. The Bertz CT molecular complexity index is 1100. The van der Waals surface area contributed by atoms with E-state index < -0.39 is 6.10 Å². The van der Waals surface area contributed by atoms with Crippen LogP contribution in [0, 0.1) is 0 Å². The number of carbonyl (C=O) groups is 3. The summed E-state index contributed by atoms with van der Waals surface area (Å²) in [4.78, 5) is 38.2. The fraction of sp³-hybridized carbons (Fsp3) is 0.887. The third kappa shape index (κ3) is 54.8. The van der Waals surface area contributed by atoms with Gasteiger partial charge in [-0.1, -0.05) is 270 Å². The van der Waals surface area contributed by atoms with Crippen molar-refractivity contribution in [2.45, 2.75) is 341 Å². The molecule has 0 spiro atoms. The third-order valence-electron chi connectivity index (χ3n) is 13.7. The molecule has 68 heavy (non-hydrogen) atoms. The lowest BCUT2D eigenvalue weighted by Crippen LogP contribution is -2.30. The van der Waals surface area contributed by atoms with Crippen LogP contribution in [-0.2, 0) is 28.6 Å². The predicted molar refractivity (Wildman–Crippen MR) is 293 cm³/mol. The van der Waals surface area contributed by atoms with Crippen LogP contribution in [0.15, 0.2) is 24.3 Å². The highest BCUT2D eigenvalue weighted by Crippen LogP contribution is 2.17. The second kappa shape index (κ2) is 57.5. The number of unbranched alkanes of at least 4 members (excludes halogenated alkanes) is 41. The van der Waals surface area contributed by atoms with Crippen LogP contribution in [0.25, 0.3) is 0 Å². The first-order chi connectivity index (χ1) is 33.5. The van der Waals surface area contributed by atoms with E-state index in [9.17, 15) is 14.4 Å². The molecule has 0 saturated heterocycles. The Balaban J connectivity index is 4.30. The molecule has 400 valence electrons. The predicted octanol–water partition coefficient (Wildman–Crippen LogP) is 20.3. The maximum Gasteiger partial charge on any atom is 0.306 e. The highest BCUT2D eigenvalue weighted by Gasteiger charge is 2.19. The molecule has 0 rings (SSSR count). The van der Waals surface area contributed by atoms with Crippen LogP contribution >= 0.6 is 0 Å². The third-order valence-corrected chi connectivity index (χ3v) is 13.7. The monoisotopic (exact) mass is 957 g/mol. The molecular formula is C62H116O6. The van der Waals surface area contributed by atoms with Crippen molar-refractivity contribution in [3.8, 4) is 0 Å². The Morgan fingerprint density at radius 2 is 0.485 bits per heavy atom. The van der Waals surface area contributed by atoms with Gasteiger partial charge in [-0.3, -0.25) is 14.4 Å². The normalized spacial score (nSPS) is 12.1. The Morgan fingerprint density at radius 1 is 0.279 bits per heavy atom. The molecule has 1 unspecified atom stereocenters. The van der Waals surface area contributed by atoms with Crippen LogP contribution in [-0.4, -0.2) is 37.2 Å². The SMILES string of the molecule is CCCCCCCC/C=C\CCCCCCCC(=O)OC(COC(=O)CCCCCCCCCCC/C=C\CCCCCCCCCC)COC(=O)CCCCCCCCCCCCCCCC. The van der Waals surface area contributed by atoms with Gasteiger partial charge in [0.05, 0.1) is 0 Å². The van der Waals surface area contributed by atoms with Gasteiger partial charge in [-0.05, 0) is 70.6 Å². The topological polar surface area (TPSA) is 78.9 Å². The van der Waals surface area contributed by atoms with Crippen molar-refractivity contribution < 1.29 is 28.6 Å². The molecule has 1 atom stereocenters. The van der Waals surface area contributed by atoms with Crippen molar-refractivity contribution >= 4 is 17.9 Å². The molecule has 0 aromatic carbocycles. The molecule has 0 aliphatic carbocycles. The van der Waals surface area contributed by atoms with Gasteiger partial charge < -0.3 is 14.2 Å². The molecule has 0 aromatic heterocycles. The number of ether oxygens (including phenoxy) is 3. The van der Waals surface area contributed by atoms with Crippen molar-refractivity contribution in [3.05, 3.63) is 24.3 Å². The van der Waals surface area contributed by atoms with Crippen LogP contribution in [0.3, 0.4) is 0 Å². The molecule has 0 saturated carbocycles. The maximum absolute atomic E-state index is 12.9. The lowest BCUT2D eigenvalue weighted by Gasteiger charge is -2.18. The van der Waals surface area contributed by atoms with E-state index in [1.54, 1.807) is 0 Å². The van der Waals surface area contributed by atoms with Gasteiger partial charge in [-0.25, -0.2) is 0 Å². The minimum Gasteiger partial charge on any atom is -0.462 e. The zero-order valence-corrected chi connectivity index (χ0v) is 45.9. The average molecular weight is 958 g/mol. The minimum absolute atomic E-state index is 0.0705. The number of carbonyl (C=O) groups excluding carboxylic acids is 3. The number of rotatable bonds is 56. The molecule has 0 aromatic rings.